The van der Waals surface area contributed by atoms with Crippen LogP contribution in [0.3, 0.4) is 0 Å². The average molecular weight is 455 g/mol. The van der Waals surface area contributed by atoms with Crippen LogP contribution in [-0.2, 0) is 23.1 Å². The maximum Gasteiger partial charge on any atom is 0.315 e. The number of rotatable bonds is 7. The van der Waals surface area contributed by atoms with Crippen molar-refractivity contribution < 1.29 is 13.2 Å². The summed E-state index contributed by atoms with van der Waals surface area (Å²) in [5.74, 6) is 0.684. The first kappa shape index (κ1) is 22.0. The van der Waals surface area contributed by atoms with Gasteiger partial charge in [0.05, 0.1) is 4.90 Å². The van der Waals surface area contributed by atoms with Gasteiger partial charge in [0, 0.05) is 50.3 Å². The van der Waals surface area contributed by atoms with Gasteiger partial charge >= 0.3 is 6.03 Å². The number of hydrogen-bond donors (Lipinski definition) is 2. The highest BCUT2D eigenvalue weighted by molar-refractivity contribution is 7.89. The third kappa shape index (κ3) is 4.97. The summed E-state index contributed by atoms with van der Waals surface area (Å²) in [4.78, 5) is 21.1. The van der Waals surface area contributed by atoms with Gasteiger partial charge in [-0.1, -0.05) is 30.7 Å². The van der Waals surface area contributed by atoms with E-state index in [0.29, 0.717) is 24.5 Å². The van der Waals surface area contributed by atoms with Gasteiger partial charge in [-0.25, -0.2) is 23.2 Å². The van der Waals surface area contributed by atoms with Gasteiger partial charge in [0.15, 0.2) is 0 Å². The molecule has 0 radical (unpaired) electrons. The third-order valence-corrected chi connectivity index (χ3v) is 7.40. The lowest BCUT2D eigenvalue weighted by Crippen LogP contribution is -2.37. The zero-order valence-electron chi connectivity index (χ0n) is 17.6. The number of aromatic nitrogens is 3. The van der Waals surface area contributed by atoms with Gasteiger partial charge in [0.2, 0.25) is 10.0 Å². The first-order chi connectivity index (χ1) is 15.6. The lowest BCUT2D eigenvalue weighted by molar-refractivity contribution is 0.240. The lowest BCUT2D eigenvalue weighted by Gasteiger charge is -2.26. The lowest BCUT2D eigenvalue weighted by atomic mass is 10.2. The third-order valence-electron chi connectivity index (χ3n) is 5.40. The van der Waals surface area contributed by atoms with E-state index >= 15 is 0 Å². The highest BCUT2D eigenvalue weighted by Crippen LogP contribution is 2.23. The normalized spacial score (nSPS) is 14.8. The molecule has 1 saturated heterocycles. The Labute approximate surface area is 187 Å². The number of nitrogens with zero attached hydrogens (tertiary/aromatic N) is 4. The molecule has 0 atom stereocenters. The molecule has 2 N–H and O–H groups in total. The Morgan fingerprint density at radius 3 is 2.41 bits per heavy atom. The molecule has 1 aliphatic rings. The van der Waals surface area contributed by atoms with E-state index in [4.69, 9.17) is 0 Å². The zero-order chi connectivity index (χ0) is 22.4. The Bertz CT molecular complexity index is 1160. The van der Waals surface area contributed by atoms with Crippen LogP contribution in [0.2, 0.25) is 0 Å². The SMILES string of the molecule is O=C(NCc1ccccc1S(=O)(=O)N1CCCCC1)NCc1cccnc1-n1ccnc1. The molecule has 0 bridgehead atoms. The summed E-state index contributed by atoms with van der Waals surface area (Å²) in [6.45, 7) is 1.45. The summed E-state index contributed by atoms with van der Waals surface area (Å²) < 4.78 is 29.5. The van der Waals surface area contributed by atoms with E-state index in [0.717, 1.165) is 24.8 Å². The van der Waals surface area contributed by atoms with Crippen molar-refractivity contribution in [2.24, 2.45) is 0 Å². The molecule has 0 spiro atoms. The van der Waals surface area contributed by atoms with Crippen LogP contribution in [0.5, 0.6) is 0 Å². The van der Waals surface area contributed by atoms with E-state index in [1.807, 2.05) is 6.07 Å². The van der Waals surface area contributed by atoms with Crippen LogP contribution in [0.4, 0.5) is 4.79 Å². The molecule has 0 saturated carbocycles. The van der Waals surface area contributed by atoms with Crippen LogP contribution >= 0.6 is 0 Å². The number of benzene rings is 1. The molecule has 0 aliphatic carbocycles. The van der Waals surface area contributed by atoms with Gasteiger partial charge in [-0.05, 0) is 30.5 Å². The van der Waals surface area contributed by atoms with E-state index in [1.54, 1.807) is 59.8 Å². The average Bonchev–Trinajstić information content (AvgIpc) is 3.37. The number of carbonyl (C=O) groups is 1. The maximum absolute atomic E-state index is 13.1. The molecule has 1 aliphatic heterocycles. The van der Waals surface area contributed by atoms with Crippen molar-refractivity contribution >= 4 is 16.1 Å². The number of piperidine rings is 1. The number of hydrogen-bond acceptors (Lipinski definition) is 5. The van der Waals surface area contributed by atoms with Crippen LogP contribution < -0.4 is 10.6 Å². The van der Waals surface area contributed by atoms with Gasteiger partial charge in [0.25, 0.3) is 0 Å². The first-order valence-corrected chi connectivity index (χ1v) is 12.0. The number of carbonyl (C=O) groups excluding carboxylic acids is 1. The Kier molecular flexibility index (Phi) is 6.81. The van der Waals surface area contributed by atoms with Crippen LogP contribution in [0, 0.1) is 0 Å². The monoisotopic (exact) mass is 454 g/mol. The standard InChI is InChI=1S/C22H26N6O3S/c29-22(26-16-19-8-6-10-24-21(19)27-14-11-23-17-27)25-15-18-7-2-3-9-20(18)32(30,31)28-12-4-1-5-13-28/h2-3,6-11,14,17H,1,4-5,12-13,15-16H2,(H2,25,26,29). The van der Waals surface area contributed by atoms with Gasteiger partial charge < -0.3 is 10.6 Å². The molecule has 0 unspecified atom stereocenters. The van der Waals surface area contributed by atoms with Crippen molar-refractivity contribution in [2.45, 2.75) is 37.2 Å². The van der Waals surface area contributed by atoms with E-state index in [2.05, 4.69) is 20.6 Å². The number of nitrogens with one attached hydrogen (secondary N) is 2. The predicted octanol–water partition coefficient (Wildman–Crippen LogP) is 2.44. The van der Waals surface area contributed by atoms with Crippen LogP contribution in [0.15, 0.2) is 66.2 Å². The summed E-state index contributed by atoms with van der Waals surface area (Å²) in [6.07, 6.45) is 9.56. The number of urea groups is 1. The van der Waals surface area contributed by atoms with E-state index in [-0.39, 0.29) is 18.0 Å². The Morgan fingerprint density at radius 1 is 0.938 bits per heavy atom. The second-order valence-electron chi connectivity index (χ2n) is 7.56. The fourth-order valence-electron chi connectivity index (χ4n) is 3.74. The molecular weight excluding hydrogens is 428 g/mol. The zero-order valence-corrected chi connectivity index (χ0v) is 18.5. The molecule has 3 heterocycles. The molecule has 9 nitrogen and oxygen atoms in total. The summed E-state index contributed by atoms with van der Waals surface area (Å²) >= 11 is 0. The number of amides is 2. The minimum absolute atomic E-state index is 0.108. The van der Waals surface area contributed by atoms with Crippen LogP contribution in [-0.4, -0.2) is 46.4 Å². The van der Waals surface area contributed by atoms with Crippen molar-refractivity contribution in [1.82, 2.24) is 29.5 Å². The van der Waals surface area contributed by atoms with Crippen molar-refractivity contribution in [3.05, 3.63) is 72.4 Å². The molecule has 168 valence electrons. The molecular formula is C22H26N6O3S. The highest BCUT2D eigenvalue weighted by atomic mass is 32.2. The number of sulfonamides is 1. The second kappa shape index (κ2) is 9.92. The summed E-state index contributed by atoms with van der Waals surface area (Å²) in [5, 5.41) is 5.58. The second-order valence-corrected chi connectivity index (χ2v) is 9.47. The topological polar surface area (TPSA) is 109 Å². The number of pyridine rings is 1. The molecule has 1 aromatic carbocycles. The van der Waals surface area contributed by atoms with Crippen molar-refractivity contribution in [3.8, 4) is 5.82 Å². The summed E-state index contributed by atoms with van der Waals surface area (Å²) in [7, 11) is -3.58. The molecule has 32 heavy (non-hydrogen) atoms. The Balaban J connectivity index is 1.40. The molecule has 2 aromatic heterocycles. The van der Waals surface area contributed by atoms with E-state index in [1.165, 1.54) is 4.31 Å². The Morgan fingerprint density at radius 2 is 1.66 bits per heavy atom. The van der Waals surface area contributed by atoms with E-state index in [9.17, 15) is 13.2 Å². The van der Waals surface area contributed by atoms with Gasteiger partial charge in [-0.2, -0.15) is 4.31 Å². The van der Waals surface area contributed by atoms with Crippen molar-refractivity contribution in [3.63, 3.8) is 0 Å². The largest absolute Gasteiger partial charge is 0.334 e. The molecule has 10 heteroatoms. The maximum atomic E-state index is 13.1. The summed E-state index contributed by atoms with van der Waals surface area (Å²) in [5.41, 5.74) is 1.39. The molecule has 2 amide bonds. The molecule has 3 aromatic rings. The Hall–Kier alpha value is -3.24. The van der Waals surface area contributed by atoms with Gasteiger partial charge in [0.1, 0.15) is 12.1 Å². The van der Waals surface area contributed by atoms with Crippen molar-refractivity contribution in [1.29, 1.82) is 0 Å². The number of imidazole rings is 1. The van der Waals surface area contributed by atoms with Gasteiger partial charge in [-0.3, -0.25) is 4.57 Å². The molecule has 4 rings (SSSR count). The fraction of sp³-hybridized carbons (Fsp3) is 0.318. The minimum atomic E-state index is -3.58. The quantitative estimate of drug-likeness (QED) is 0.570. The van der Waals surface area contributed by atoms with Crippen molar-refractivity contribution in [2.75, 3.05) is 13.1 Å². The summed E-state index contributed by atoms with van der Waals surface area (Å²) in [6, 6.07) is 10.1. The van der Waals surface area contributed by atoms with Crippen LogP contribution in [0.1, 0.15) is 30.4 Å². The first-order valence-electron chi connectivity index (χ1n) is 10.6. The minimum Gasteiger partial charge on any atom is -0.334 e. The van der Waals surface area contributed by atoms with E-state index < -0.39 is 16.1 Å². The predicted molar refractivity (Wildman–Crippen MR) is 119 cm³/mol. The fourth-order valence-corrected chi connectivity index (χ4v) is 5.48. The highest BCUT2D eigenvalue weighted by Gasteiger charge is 2.27. The smallest absolute Gasteiger partial charge is 0.315 e. The van der Waals surface area contributed by atoms with Crippen LogP contribution in [0.25, 0.3) is 5.82 Å². The molecule has 1 fully saturated rings. The van der Waals surface area contributed by atoms with Gasteiger partial charge in [-0.15, -0.1) is 0 Å².